The molecule has 0 saturated carbocycles. The maximum absolute atomic E-state index is 11.2. The molecular formula is C12H12BrN3O2. The molecule has 0 bridgehead atoms. The summed E-state index contributed by atoms with van der Waals surface area (Å²) in [5, 5.41) is 12.5. The highest BCUT2D eigenvalue weighted by molar-refractivity contribution is 9.10. The molecule has 0 amide bonds. The number of fused-ring (bicyclic) bond motifs is 1. The molecule has 2 N–H and O–H groups in total. The Labute approximate surface area is 112 Å². The van der Waals surface area contributed by atoms with Gasteiger partial charge in [-0.25, -0.2) is 9.78 Å². The van der Waals surface area contributed by atoms with E-state index in [0.717, 1.165) is 29.7 Å². The van der Waals surface area contributed by atoms with Gasteiger partial charge in [0.1, 0.15) is 5.82 Å². The standard InChI is InChI=1S/C12H12BrN3O2/c13-7-3-4-9-10(12(17)18)15-11(16(9)6-7)8-2-1-5-14-8/h3-4,6,8,14H,1-2,5H2,(H,17,18). The van der Waals surface area contributed by atoms with Crippen molar-refractivity contribution < 1.29 is 9.90 Å². The average Bonchev–Trinajstić information content (AvgIpc) is 2.93. The summed E-state index contributed by atoms with van der Waals surface area (Å²) in [7, 11) is 0. The number of nitrogens with zero attached hydrogens (tertiary/aromatic N) is 2. The number of carbonyl (C=O) groups is 1. The van der Waals surface area contributed by atoms with Crippen LogP contribution >= 0.6 is 15.9 Å². The molecule has 1 fully saturated rings. The largest absolute Gasteiger partial charge is 0.476 e. The lowest BCUT2D eigenvalue weighted by Gasteiger charge is -2.08. The summed E-state index contributed by atoms with van der Waals surface area (Å²) in [6.07, 6.45) is 3.95. The Bertz CT molecular complexity index is 617. The molecule has 2 aromatic rings. The zero-order valence-electron chi connectivity index (χ0n) is 9.56. The van der Waals surface area contributed by atoms with Gasteiger partial charge in [-0.05, 0) is 47.4 Å². The summed E-state index contributed by atoms with van der Waals surface area (Å²) < 4.78 is 2.76. The number of imidazole rings is 1. The normalized spacial score (nSPS) is 19.5. The van der Waals surface area contributed by atoms with Crippen LogP contribution in [0.2, 0.25) is 0 Å². The van der Waals surface area contributed by atoms with Crippen LogP contribution in [0.4, 0.5) is 0 Å². The van der Waals surface area contributed by atoms with E-state index >= 15 is 0 Å². The van der Waals surface area contributed by atoms with Gasteiger partial charge >= 0.3 is 5.97 Å². The van der Waals surface area contributed by atoms with Crippen molar-refractivity contribution in [3.63, 3.8) is 0 Å². The molecule has 1 saturated heterocycles. The smallest absolute Gasteiger partial charge is 0.356 e. The third-order valence-electron chi connectivity index (χ3n) is 3.20. The number of rotatable bonds is 2. The molecule has 94 valence electrons. The fourth-order valence-electron chi connectivity index (χ4n) is 2.39. The predicted molar refractivity (Wildman–Crippen MR) is 69.8 cm³/mol. The fourth-order valence-corrected chi connectivity index (χ4v) is 2.73. The number of carboxylic acid groups (broad SMARTS) is 1. The molecule has 5 nitrogen and oxygen atoms in total. The third-order valence-corrected chi connectivity index (χ3v) is 3.67. The van der Waals surface area contributed by atoms with Crippen LogP contribution in [0.1, 0.15) is 35.2 Å². The lowest BCUT2D eigenvalue weighted by Crippen LogP contribution is -2.15. The minimum Gasteiger partial charge on any atom is -0.476 e. The number of carboxylic acids is 1. The van der Waals surface area contributed by atoms with Crippen molar-refractivity contribution in [2.45, 2.75) is 18.9 Å². The summed E-state index contributed by atoms with van der Waals surface area (Å²) >= 11 is 3.41. The van der Waals surface area contributed by atoms with E-state index in [1.165, 1.54) is 0 Å². The summed E-state index contributed by atoms with van der Waals surface area (Å²) in [6, 6.07) is 3.74. The average molecular weight is 310 g/mol. The van der Waals surface area contributed by atoms with Crippen LogP contribution in [0.3, 0.4) is 0 Å². The maximum Gasteiger partial charge on any atom is 0.356 e. The summed E-state index contributed by atoms with van der Waals surface area (Å²) in [4.78, 5) is 15.5. The van der Waals surface area contributed by atoms with Crippen molar-refractivity contribution in [1.29, 1.82) is 0 Å². The second-order valence-corrected chi connectivity index (χ2v) is 5.29. The molecule has 0 aromatic carbocycles. The van der Waals surface area contributed by atoms with Gasteiger partial charge in [0.15, 0.2) is 5.69 Å². The number of pyridine rings is 1. The van der Waals surface area contributed by atoms with Gasteiger partial charge in [0.25, 0.3) is 0 Å². The SMILES string of the molecule is O=C(O)c1nc(C2CCCN2)n2cc(Br)ccc12. The molecule has 3 heterocycles. The van der Waals surface area contributed by atoms with Crippen molar-refractivity contribution in [2.24, 2.45) is 0 Å². The molecule has 0 aliphatic carbocycles. The van der Waals surface area contributed by atoms with E-state index in [4.69, 9.17) is 0 Å². The van der Waals surface area contributed by atoms with Crippen molar-refractivity contribution >= 4 is 27.4 Å². The zero-order valence-corrected chi connectivity index (χ0v) is 11.1. The highest BCUT2D eigenvalue weighted by Crippen LogP contribution is 2.26. The first kappa shape index (κ1) is 11.7. The van der Waals surface area contributed by atoms with Crippen LogP contribution in [-0.4, -0.2) is 27.0 Å². The number of aromatic nitrogens is 2. The molecular weight excluding hydrogens is 298 g/mol. The Kier molecular flexibility index (Phi) is 2.83. The maximum atomic E-state index is 11.2. The van der Waals surface area contributed by atoms with E-state index < -0.39 is 5.97 Å². The van der Waals surface area contributed by atoms with Crippen molar-refractivity contribution in [2.75, 3.05) is 6.54 Å². The number of hydrogen-bond acceptors (Lipinski definition) is 3. The highest BCUT2D eigenvalue weighted by atomic mass is 79.9. The first-order chi connectivity index (χ1) is 8.66. The monoisotopic (exact) mass is 309 g/mol. The van der Waals surface area contributed by atoms with E-state index in [2.05, 4.69) is 26.2 Å². The van der Waals surface area contributed by atoms with Crippen LogP contribution in [0.5, 0.6) is 0 Å². The topological polar surface area (TPSA) is 66.6 Å². The summed E-state index contributed by atoms with van der Waals surface area (Å²) in [5.74, 6) is -0.208. The zero-order chi connectivity index (χ0) is 12.7. The van der Waals surface area contributed by atoms with Crippen molar-refractivity contribution in [1.82, 2.24) is 14.7 Å². The predicted octanol–water partition coefficient (Wildman–Crippen LogP) is 2.22. The third kappa shape index (κ3) is 1.81. The molecule has 1 aliphatic heterocycles. The lowest BCUT2D eigenvalue weighted by atomic mass is 10.2. The van der Waals surface area contributed by atoms with Gasteiger partial charge < -0.3 is 14.8 Å². The number of hydrogen-bond donors (Lipinski definition) is 2. The number of nitrogens with one attached hydrogen (secondary N) is 1. The van der Waals surface area contributed by atoms with E-state index in [-0.39, 0.29) is 11.7 Å². The first-order valence-corrected chi connectivity index (χ1v) is 6.60. The van der Waals surface area contributed by atoms with Gasteiger partial charge in [0, 0.05) is 10.7 Å². The van der Waals surface area contributed by atoms with E-state index in [0.29, 0.717) is 5.52 Å². The molecule has 1 aliphatic rings. The van der Waals surface area contributed by atoms with Gasteiger partial charge in [0.2, 0.25) is 0 Å². The van der Waals surface area contributed by atoms with Crippen LogP contribution in [-0.2, 0) is 0 Å². The second kappa shape index (κ2) is 4.37. The molecule has 18 heavy (non-hydrogen) atoms. The molecule has 1 unspecified atom stereocenters. The summed E-state index contributed by atoms with van der Waals surface area (Å²) in [5.41, 5.74) is 0.751. The second-order valence-electron chi connectivity index (χ2n) is 4.38. The Balaban J connectivity index is 2.23. The van der Waals surface area contributed by atoms with E-state index in [1.54, 1.807) is 6.07 Å². The van der Waals surface area contributed by atoms with Gasteiger partial charge in [0.05, 0.1) is 11.6 Å². The molecule has 0 spiro atoms. The highest BCUT2D eigenvalue weighted by Gasteiger charge is 2.24. The molecule has 2 aromatic heterocycles. The van der Waals surface area contributed by atoms with E-state index in [9.17, 15) is 9.90 Å². The van der Waals surface area contributed by atoms with Gasteiger partial charge in [-0.3, -0.25) is 0 Å². The minimum atomic E-state index is -0.987. The van der Waals surface area contributed by atoms with Crippen LogP contribution in [0.15, 0.2) is 22.8 Å². The Morgan fingerprint density at radius 1 is 1.56 bits per heavy atom. The first-order valence-electron chi connectivity index (χ1n) is 5.81. The molecule has 0 radical (unpaired) electrons. The molecule has 6 heteroatoms. The summed E-state index contributed by atoms with van der Waals surface area (Å²) in [6.45, 7) is 0.954. The van der Waals surface area contributed by atoms with Crippen molar-refractivity contribution in [3.8, 4) is 0 Å². The Morgan fingerprint density at radius 2 is 2.39 bits per heavy atom. The van der Waals surface area contributed by atoms with Crippen molar-refractivity contribution in [3.05, 3.63) is 34.3 Å². The van der Waals surface area contributed by atoms with E-state index in [1.807, 2.05) is 16.7 Å². The number of aromatic carboxylic acids is 1. The molecule has 1 atom stereocenters. The number of halogens is 1. The van der Waals surface area contributed by atoms with Crippen LogP contribution < -0.4 is 5.32 Å². The Morgan fingerprint density at radius 3 is 3.06 bits per heavy atom. The fraction of sp³-hybridized carbons (Fsp3) is 0.333. The van der Waals surface area contributed by atoms with Gasteiger partial charge in [-0.1, -0.05) is 0 Å². The minimum absolute atomic E-state index is 0.117. The van der Waals surface area contributed by atoms with Crippen LogP contribution in [0.25, 0.3) is 5.52 Å². The van der Waals surface area contributed by atoms with Gasteiger partial charge in [-0.15, -0.1) is 0 Å². The Hall–Kier alpha value is -1.40. The molecule has 3 rings (SSSR count). The van der Waals surface area contributed by atoms with Gasteiger partial charge in [-0.2, -0.15) is 0 Å². The van der Waals surface area contributed by atoms with Crippen LogP contribution in [0, 0.1) is 0 Å². The quantitative estimate of drug-likeness (QED) is 0.892. The lowest BCUT2D eigenvalue weighted by molar-refractivity contribution is 0.0693.